The number of alkyl halides is 3. The zero-order valence-electron chi connectivity index (χ0n) is 18.6. The summed E-state index contributed by atoms with van der Waals surface area (Å²) in [6.45, 7) is 1.83. The highest BCUT2D eigenvalue weighted by atomic mass is 19.4. The third-order valence-electron chi connectivity index (χ3n) is 5.82. The fourth-order valence-electron chi connectivity index (χ4n) is 4.14. The molecule has 4 aromatic rings. The number of rotatable bonds is 7. The van der Waals surface area contributed by atoms with Crippen LogP contribution in [-0.2, 0) is 18.1 Å². The molecule has 174 valence electrons. The van der Waals surface area contributed by atoms with Gasteiger partial charge < -0.3 is 5.11 Å². The number of hydrogen-bond acceptors (Lipinski definition) is 3. The Morgan fingerprint density at radius 1 is 0.794 bits per heavy atom. The van der Waals surface area contributed by atoms with Crippen molar-refractivity contribution < 1.29 is 18.3 Å². The molecule has 0 bridgehead atoms. The number of aromatic nitrogens is 1. The highest BCUT2D eigenvalue weighted by molar-refractivity contribution is 5.41. The summed E-state index contributed by atoms with van der Waals surface area (Å²) in [7, 11) is 0. The van der Waals surface area contributed by atoms with E-state index in [1.165, 1.54) is 6.07 Å². The van der Waals surface area contributed by atoms with Gasteiger partial charge in [-0.2, -0.15) is 13.2 Å². The predicted octanol–water partition coefficient (Wildman–Crippen LogP) is 6.18. The van der Waals surface area contributed by atoms with Crippen molar-refractivity contribution in [3.63, 3.8) is 0 Å². The molecule has 0 spiro atoms. The Morgan fingerprint density at radius 2 is 1.41 bits per heavy atom. The first kappa shape index (κ1) is 23.7. The average molecular weight is 463 g/mol. The number of aryl methyl sites for hydroxylation is 1. The summed E-state index contributed by atoms with van der Waals surface area (Å²) >= 11 is 0. The number of nitrogens with one attached hydrogen (secondary N) is 1. The molecule has 2 atom stereocenters. The van der Waals surface area contributed by atoms with Crippen molar-refractivity contribution in [1.29, 1.82) is 0 Å². The second kappa shape index (κ2) is 9.79. The first-order valence-corrected chi connectivity index (χ1v) is 10.9. The molecule has 3 nitrogen and oxygen atoms in total. The highest BCUT2D eigenvalue weighted by Crippen LogP contribution is 2.38. The van der Waals surface area contributed by atoms with Crippen LogP contribution in [0.1, 0.15) is 39.9 Å². The van der Waals surface area contributed by atoms with Gasteiger partial charge in [0, 0.05) is 12.1 Å². The van der Waals surface area contributed by atoms with Crippen LogP contribution >= 0.6 is 0 Å². The van der Waals surface area contributed by atoms with Crippen LogP contribution in [0.3, 0.4) is 0 Å². The zero-order chi connectivity index (χ0) is 24.2. The molecule has 1 aromatic heterocycles. The molecule has 6 heteroatoms. The van der Waals surface area contributed by atoms with Crippen molar-refractivity contribution in [1.82, 2.24) is 10.3 Å². The van der Waals surface area contributed by atoms with Gasteiger partial charge in [0.15, 0.2) is 0 Å². The van der Waals surface area contributed by atoms with Crippen molar-refractivity contribution in [2.75, 3.05) is 0 Å². The summed E-state index contributed by atoms with van der Waals surface area (Å²) in [5, 5.41) is 14.5. The summed E-state index contributed by atoms with van der Waals surface area (Å²) in [4.78, 5) is 4.70. The normalized spacial score (nSPS) is 14.4. The third-order valence-corrected chi connectivity index (χ3v) is 5.82. The van der Waals surface area contributed by atoms with E-state index in [1.807, 2.05) is 55.5 Å². The Balaban J connectivity index is 1.94. The van der Waals surface area contributed by atoms with Gasteiger partial charge in [0.05, 0.1) is 16.8 Å². The number of halogens is 3. The second-order valence-electron chi connectivity index (χ2n) is 8.27. The Labute approximate surface area is 196 Å². The van der Waals surface area contributed by atoms with E-state index in [0.717, 1.165) is 23.4 Å². The lowest BCUT2D eigenvalue weighted by molar-refractivity contribution is -0.137. The minimum atomic E-state index is -4.51. The van der Waals surface area contributed by atoms with E-state index in [-0.39, 0.29) is 6.42 Å². The lowest BCUT2D eigenvalue weighted by Crippen LogP contribution is -2.48. The molecule has 0 aliphatic carbocycles. The molecule has 3 aromatic carbocycles. The summed E-state index contributed by atoms with van der Waals surface area (Å²) in [5.74, 6) is 0. The van der Waals surface area contributed by atoms with Gasteiger partial charge in [-0.05, 0) is 47.9 Å². The number of aliphatic hydroxyl groups is 1. The van der Waals surface area contributed by atoms with E-state index in [9.17, 15) is 18.3 Å². The molecule has 4 rings (SSSR count). The fraction of sp³-hybridized carbons (Fsp3) is 0.179. The summed E-state index contributed by atoms with van der Waals surface area (Å²) < 4.78 is 41.1. The van der Waals surface area contributed by atoms with Gasteiger partial charge >= 0.3 is 6.18 Å². The Hall–Kier alpha value is -3.48. The molecule has 0 saturated heterocycles. The Kier molecular flexibility index (Phi) is 6.82. The van der Waals surface area contributed by atoms with E-state index < -0.39 is 23.5 Å². The largest absolute Gasteiger partial charge is 0.416 e. The van der Waals surface area contributed by atoms with Gasteiger partial charge in [0.1, 0.15) is 6.23 Å². The lowest BCUT2D eigenvalue weighted by atomic mass is 9.79. The molecular formula is C28H25F3N2O. The van der Waals surface area contributed by atoms with Crippen molar-refractivity contribution in [3.8, 4) is 0 Å². The van der Waals surface area contributed by atoms with Crippen molar-refractivity contribution in [2.24, 2.45) is 0 Å². The first-order valence-electron chi connectivity index (χ1n) is 10.9. The fourth-order valence-corrected chi connectivity index (χ4v) is 4.14. The quantitative estimate of drug-likeness (QED) is 0.323. The standard InChI is InChI=1S/C28H25F3N2O/c1-20-10-8-17-25(32-20)27(19-21-11-4-2-5-12-21,33-26(34)22-13-6-3-7-14-22)23-15-9-16-24(18-23)28(29,30)31/h2-18,26,33-34H,19H2,1H3/t26-,27?/m0/s1. The number of hydrogen-bond donors (Lipinski definition) is 2. The van der Waals surface area contributed by atoms with Crippen LogP contribution in [-0.4, -0.2) is 10.1 Å². The number of benzene rings is 3. The topological polar surface area (TPSA) is 45.1 Å². The highest BCUT2D eigenvalue weighted by Gasteiger charge is 2.40. The first-order chi connectivity index (χ1) is 16.3. The third kappa shape index (κ3) is 5.19. The summed E-state index contributed by atoms with van der Waals surface area (Å²) in [6, 6.07) is 29.1. The molecule has 1 heterocycles. The summed E-state index contributed by atoms with van der Waals surface area (Å²) in [5.41, 5.74) is 1.08. The number of pyridine rings is 1. The van der Waals surface area contributed by atoms with E-state index >= 15 is 0 Å². The van der Waals surface area contributed by atoms with Gasteiger partial charge in [0.2, 0.25) is 0 Å². The van der Waals surface area contributed by atoms with Gasteiger partial charge in [-0.3, -0.25) is 10.3 Å². The lowest BCUT2D eigenvalue weighted by Gasteiger charge is -2.38. The SMILES string of the molecule is Cc1cccc(C(Cc2ccccc2)(N[C@@H](O)c2ccccc2)c2cccc(C(F)(F)F)c2)n1. The Bertz CT molecular complexity index is 1230. The van der Waals surface area contributed by atoms with Gasteiger partial charge in [-0.25, -0.2) is 0 Å². The molecule has 0 amide bonds. The minimum absolute atomic E-state index is 0.273. The molecule has 0 saturated carbocycles. The van der Waals surface area contributed by atoms with E-state index in [4.69, 9.17) is 4.98 Å². The van der Waals surface area contributed by atoms with Crippen LogP contribution in [0.2, 0.25) is 0 Å². The van der Waals surface area contributed by atoms with Gasteiger partial charge in [0.25, 0.3) is 0 Å². The van der Waals surface area contributed by atoms with Crippen LogP contribution in [0.5, 0.6) is 0 Å². The molecule has 1 unspecified atom stereocenters. The van der Waals surface area contributed by atoms with Crippen molar-refractivity contribution >= 4 is 0 Å². The smallest absolute Gasteiger partial charge is 0.374 e. The zero-order valence-corrected chi connectivity index (χ0v) is 18.6. The molecule has 0 fully saturated rings. The van der Waals surface area contributed by atoms with E-state index in [2.05, 4.69) is 5.32 Å². The molecular weight excluding hydrogens is 437 g/mol. The summed E-state index contributed by atoms with van der Waals surface area (Å²) in [6.07, 6.45) is -5.39. The van der Waals surface area contributed by atoms with E-state index in [0.29, 0.717) is 16.8 Å². The van der Waals surface area contributed by atoms with Crippen LogP contribution < -0.4 is 5.32 Å². The van der Waals surface area contributed by atoms with Gasteiger partial charge in [-0.15, -0.1) is 0 Å². The second-order valence-corrected chi connectivity index (χ2v) is 8.27. The van der Waals surface area contributed by atoms with Crippen molar-refractivity contribution in [2.45, 2.75) is 31.3 Å². The molecule has 2 N–H and O–H groups in total. The van der Waals surface area contributed by atoms with Crippen LogP contribution in [0.4, 0.5) is 13.2 Å². The molecule has 34 heavy (non-hydrogen) atoms. The minimum Gasteiger partial charge on any atom is -0.374 e. The Morgan fingerprint density at radius 3 is 2.06 bits per heavy atom. The molecule has 0 radical (unpaired) electrons. The van der Waals surface area contributed by atoms with Crippen molar-refractivity contribution in [3.05, 3.63) is 137 Å². The van der Waals surface area contributed by atoms with Gasteiger partial charge in [-0.1, -0.05) is 78.9 Å². The average Bonchev–Trinajstić information content (AvgIpc) is 2.84. The number of nitrogens with zero attached hydrogens (tertiary/aromatic N) is 1. The molecule has 0 aliphatic rings. The maximum absolute atomic E-state index is 13.7. The maximum atomic E-state index is 13.7. The van der Waals surface area contributed by atoms with Crippen LogP contribution in [0, 0.1) is 6.92 Å². The van der Waals surface area contributed by atoms with Crippen LogP contribution in [0.25, 0.3) is 0 Å². The number of aliphatic hydroxyl groups excluding tert-OH is 1. The van der Waals surface area contributed by atoms with E-state index in [1.54, 1.807) is 36.4 Å². The van der Waals surface area contributed by atoms with Crippen LogP contribution in [0.15, 0.2) is 103 Å². The maximum Gasteiger partial charge on any atom is 0.416 e. The molecule has 0 aliphatic heterocycles. The monoisotopic (exact) mass is 462 g/mol. The predicted molar refractivity (Wildman–Crippen MR) is 126 cm³/mol.